The van der Waals surface area contributed by atoms with E-state index < -0.39 is 0 Å². The second kappa shape index (κ2) is 8.74. The molecule has 1 fully saturated rings. The molecule has 1 aliphatic rings. The van der Waals surface area contributed by atoms with E-state index in [1.54, 1.807) is 29.2 Å². The topological polar surface area (TPSA) is 55.9 Å². The van der Waals surface area contributed by atoms with Gasteiger partial charge in [-0.1, -0.05) is 0 Å². The molecule has 1 heterocycles. The van der Waals surface area contributed by atoms with Crippen molar-refractivity contribution in [2.24, 2.45) is 0 Å². The zero-order valence-corrected chi connectivity index (χ0v) is 13.4. The Hall–Kier alpha value is -1.61. The minimum atomic E-state index is 0.332. The van der Waals surface area contributed by atoms with Crippen LogP contribution < -0.4 is 9.64 Å². The normalized spacial score (nSPS) is 24.7. The van der Waals surface area contributed by atoms with E-state index >= 15 is 0 Å². The Kier molecular flexibility index (Phi) is 6.66. The Morgan fingerprint density at radius 3 is 2.45 bits per heavy atom. The van der Waals surface area contributed by atoms with Crippen LogP contribution in [0.2, 0.25) is 0 Å². The highest BCUT2D eigenvalue weighted by Gasteiger charge is 2.24. The van der Waals surface area contributed by atoms with Gasteiger partial charge in [-0.25, -0.2) is 0 Å². The molecule has 2 rings (SSSR count). The van der Waals surface area contributed by atoms with Crippen LogP contribution in [-0.4, -0.2) is 51.7 Å². The van der Waals surface area contributed by atoms with Crippen molar-refractivity contribution < 1.29 is 19.1 Å². The molecular weight excluding hydrogens is 280 g/mol. The lowest BCUT2D eigenvalue weighted by Gasteiger charge is -2.32. The number of ether oxygens (including phenoxy) is 3. The summed E-state index contributed by atoms with van der Waals surface area (Å²) in [5.74, 6) is 0.768. The fourth-order valence-corrected chi connectivity index (χ4v) is 2.76. The minimum absolute atomic E-state index is 0.332. The number of hydrogen-bond donors (Lipinski definition) is 1. The fourth-order valence-electron chi connectivity index (χ4n) is 2.76. The van der Waals surface area contributed by atoms with Crippen molar-refractivity contribution in [3.63, 3.8) is 0 Å². The van der Waals surface area contributed by atoms with E-state index in [4.69, 9.17) is 19.5 Å². The molecule has 1 saturated heterocycles. The maximum absolute atomic E-state index is 8.72. The molecule has 0 saturated carbocycles. The van der Waals surface area contributed by atoms with Crippen molar-refractivity contribution in [2.45, 2.75) is 26.1 Å². The zero-order valence-electron chi connectivity index (χ0n) is 13.4. The number of hydrogen-bond acceptors (Lipinski definition) is 4. The lowest BCUT2D eigenvalue weighted by molar-refractivity contribution is -0.915. The van der Waals surface area contributed by atoms with Gasteiger partial charge < -0.3 is 19.1 Å². The van der Waals surface area contributed by atoms with Crippen LogP contribution >= 0.6 is 0 Å². The Bertz CT molecular complexity index is 474. The van der Waals surface area contributed by atoms with Gasteiger partial charge in [0, 0.05) is 0 Å². The van der Waals surface area contributed by atoms with Crippen molar-refractivity contribution in [1.29, 1.82) is 5.26 Å². The van der Waals surface area contributed by atoms with E-state index in [1.807, 2.05) is 0 Å². The van der Waals surface area contributed by atoms with Crippen LogP contribution in [0, 0.1) is 11.3 Å². The predicted octanol–water partition coefficient (Wildman–Crippen LogP) is 0.646. The molecule has 5 heteroatoms. The number of benzene rings is 1. The second-order valence-electron chi connectivity index (χ2n) is 5.76. The molecule has 0 aromatic heterocycles. The van der Waals surface area contributed by atoms with Gasteiger partial charge in [-0.05, 0) is 38.1 Å². The number of nitrogens with zero attached hydrogens (tertiary/aromatic N) is 1. The van der Waals surface area contributed by atoms with Crippen molar-refractivity contribution in [3.8, 4) is 11.8 Å². The highest BCUT2D eigenvalue weighted by molar-refractivity contribution is 5.34. The smallest absolute Gasteiger partial charge is 0.119 e. The molecule has 1 aromatic rings. The van der Waals surface area contributed by atoms with Crippen LogP contribution in [-0.2, 0) is 9.47 Å². The van der Waals surface area contributed by atoms with Crippen LogP contribution in [0.1, 0.15) is 19.4 Å². The van der Waals surface area contributed by atoms with E-state index in [9.17, 15) is 0 Å². The van der Waals surface area contributed by atoms with Crippen LogP contribution in [0.15, 0.2) is 24.3 Å². The van der Waals surface area contributed by atoms with E-state index in [1.165, 1.54) is 0 Å². The average Bonchev–Trinajstić information content (AvgIpc) is 2.50. The Labute approximate surface area is 132 Å². The van der Waals surface area contributed by atoms with Gasteiger partial charge in [-0.2, -0.15) is 5.26 Å². The van der Waals surface area contributed by atoms with Gasteiger partial charge in [0.1, 0.15) is 44.2 Å². The zero-order chi connectivity index (χ0) is 15.8. The number of quaternary nitrogens is 1. The first kappa shape index (κ1) is 16.8. The first-order chi connectivity index (χ1) is 10.7. The number of rotatable bonds is 7. The standard InChI is InChI=1S/C17H24N2O3/c1-14-12-19(13-15(2)22-14)7-8-20-9-10-21-17-5-3-16(11-18)4-6-17/h3-6,14-15H,7-10,12-13H2,1-2H3/p+1/t14-,15+. The van der Waals surface area contributed by atoms with Gasteiger partial charge in [0.05, 0.1) is 24.8 Å². The lowest BCUT2D eigenvalue weighted by atomic mass is 10.2. The summed E-state index contributed by atoms with van der Waals surface area (Å²) in [6.45, 7) is 9.21. The highest BCUT2D eigenvalue weighted by atomic mass is 16.5. The fraction of sp³-hybridized carbons (Fsp3) is 0.588. The van der Waals surface area contributed by atoms with Crippen LogP contribution in [0.4, 0.5) is 0 Å². The third-order valence-corrected chi connectivity index (χ3v) is 3.70. The van der Waals surface area contributed by atoms with Gasteiger partial charge in [0.15, 0.2) is 0 Å². The molecule has 1 aromatic carbocycles. The van der Waals surface area contributed by atoms with E-state index in [2.05, 4.69) is 19.9 Å². The van der Waals surface area contributed by atoms with E-state index in [-0.39, 0.29) is 0 Å². The maximum Gasteiger partial charge on any atom is 0.119 e. The summed E-state index contributed by atoms with van der Waals surface area (Å²) in [5.41, 5.74) is 0.639. The molecule has 1 aliphatic heterocycles. The third kappa shape index (κ3) is 5.64. The Morgan fingerprint density at radius 2 is 1.82 bits per heavy atom. The molecule has 22 heavy (non-hydrogen) atoms. The summed E-state index contributed by atoms with van der Waals surface area (Å²) >= 11 is 0. The first-order valence-corrected chi connectivity index (χ1v) is 7.87. The summed E-state index contributed by atoms with van der Waals surface area (Å²) in [6, 6.07) is 9.19. The molecule has 0 spiro atoms. The average molecular weight is 305 g/mol. The van der Waals surface area contributed by atoms with Crippen molar-refractivity contribution in [2.75, 3.05) is 39.5 Å². The lowest BCUT2D eigenvalue weighted by Crippen LogP contribution is -3.15. The molecule has 5 nitrogen and oxygen atoms in total. The maximum atomic E-state index is 8.72. The summed E-state index contributed by atoms with van der Waals surface area (Å²) in [4.78, 5) is 1.54. The molecule has 0 aliphatic carbocycles. The Morgan fingerprint density at radius 1 is 1.14 bits per heavy atom. The van der Waals surface area contributed by atoms with Crippen LogP contribution in [0.25, 0.3) is 0 Å². The third-order valence-electron chi connectivity index (χ3n) is 3.70. The largest absolute Gasteiger partial charge is 0.491 e. The quantitative estimate of drug-likeness (QED) is 0.752. The molecule has 120 valence electrons. The molecule has 1 N–H and O–H groups in total. The first-order valence-electron chi connectivity index (χ1n) is 7.87. The van der Waals surface area contributed by atoms with Gasteiger partial charge >= 0.3 is 0 Å². The van der Waals surface area contributed by atoms with Crippen molar-refractivity contribution >= 4 is 0 Å². The summed E-state index contributed by atoms with van der Waals surface area (Å²) in [7, 11) is 0. The highest BCUT2D eigenvalue weighted by Crippen LogP contribution is 2.11. The number of nitrogens with one attached hydrogen (secondary N) is 1. The number of nitriles is 1. The molecule has 0 bridgehead atoms. The minimum Gasteiger partial charge on any atom is -0.491 e. The van der Waals surface area contributed by atoms with E-state index in [0.29, 0.717) is 31.0 Å². The summed E-state index contributed by atoms with van der Waals surface area (Å²) in [5, 5.41) is 8.72. The van der Waals surface area contributed by atoms with E-state index in [0.717, 1.165) is 32.0 Å². The SMILES string of the molecule is C[C@@H]1C[NH+](CCOCCOc2ccc(C#N)cc2)C[C@H](C)O1. The van der Waals surface area contributed by atoms with Crippen LogP contribution in [0.3, 0.4) is 0 Å². The molecule has 3 atom stereocenters. The van der Waals surface area contributed by atoms with Gasteiger partial charge in [0.25, 0.3) is 0 Å². The Balaban J connectivity index is 1.54. The van der Waals surface area contributed by atoms with Crippen LogP contribution in [0.5, 0.6) is 5.75 Å². The molecule has 1 unspecified atom stereocenters. The second-order valence-corrected chi connectivity index (χ2v) is 5.76. The van der Waals surface area contributed by atoms with Crippen molar-refractivity contribution in [1.82, 2.24) is 0 Å². The molecule has 0 amide bonds. The predicted molar refractivity (Wildman–Crippen MR) is 83.0 cm³/mol. The molecule has 0 radical (unpaired) electrons. The van der Waals surface area contributed by atoms with Gasteiger partial charge in [-0.15, -0.1) is 0 Å². The number of morpholine rings is 1. The van der Waals surface area contributed by atoms with Gasteiger partial charge in [0.2, 0.25) is 0 Å². The molecular formula is C17H25N2O3+. The monoisotopic (exact) mass is 305 g/mol. The summed E-state index contributed by atoms with van der Waals surface area (Å²) in [6.07, 6.45) is 0.664. The van der Waals surface area contributed by atoms with Crippen molar-refractivity contribution in [3.05, 3.63) is 29.8 Å². The summed E-state index contributed by atoms with van der Waals surface area (Å²) < 4.78 is 16.9. The van der Waals surface area contributed by atoms with Gasteiger partial charge in [-0.3, -0.25) is 0 Å².